The summed E-state index contributed by atoms with van der Waals surface area (Å²) in [6, 6.07) is 6.67. The van der Waals surface area contributed by atoms with E-state index in [1.807, 2.05) is 27.7 Å². The number of nitrogens with zero attached hydrogens (tertiary/aromatic N) is 1. The summed E-state index contributed by atoms with van der Waals surface area (Å²) in [5.41, 5.74) is 0.965. The highest BCUT2D eigenvalue weighted by Crippen LogP contribution is 2.14. The van der Waals surface area contributed by atoms with Gasteiger partial charge in [0, 0.05) is 29.9 Å². The molecule has 2 rings (SSSR count). The van der Waals surface area contributed by atoms with Crippen LogP contribution < -0.4 is 10.6 Å². The number of anilines is 1. The standard InChI is InChI=1S/C17H25N3O3/c1-12-11-20(9-10-23-12)15(21)13-5-7-14(8-6-13)18-16(22)19-17(2,3)4/h5-8,12H,9-11H2,1-4H3,(H2,18,19,22). The predicted octanol–water partition coefficient (Wildman–Crippen LogP) is 2.47. The topological polar surface area (TPSA) is 70.7 Å². The van der Waals surface area contributed by atoms with Crippen molar-refractivity contribution in [2.75, 3.05) is 25.0 Å². The van der Waals surface area contributed by atoms with E-state index in [1.165, 1.54) is 0 Å². The third kappa shape index (κ3) is 5.25. The third-order valence-corrected chi connectivity index (χ3v) is 3.41. The monoisotopic (exact) mass is 319 g/mol. The highest BCUT2D eigenvalue weighted by Gasteiger charge is 2.22. The quantitative estimate of drug-likeness (QED) is 0.880. The van der Waals surface area contributed by atoms with Gasteiger partial charge in [0.1, 0.15) is 0 Å². The molecule has 126 valence electrons. The van der Waals surface area contributed by atoms with Crippen molar-refractivity contribution >= 4 is 17.6 Å². The van der Waals surface area contributed by atoms with E-state index in [2.05, 4.69) is 10.6 Å². The SMILES string of the molecule is CC1CN(C(=O)c2ccc(NC(=O)NC(C)(C)C)cc2)CCO1. The molecule has 2 N–H and O–H groups in total. The fraction of sp³-hybridized carbons (Fsp3) is 0.529. The maximum atomic E-state index is 12.4. The summed E-state index contributed by atoms with van der Waals surface area (Å²) in [7, 11) is 0. The van der Waals surface area contributed by atoms with Crippen molar-refractivity contribution < 1.29 is 14.3 Å². The molecule has 3 amide bonds. The molecule has 1 fully saturated rings. The fourth-order valence-electron chi connectivity index (χ4n) is 2.38. The second-order valence-electron chi connectivity index (χ2n) is 6.84. The van der Waals surface area contributed by atoms with Gasteiger partial charge in [-0.05, 0) is 52.0 Å². The van der Waals surface area contributed by atoms with Crippen LogP contribution in [0.3, 0.4) is 0 Å². The summed E-state index contributed by atoms with van der Waals surface area (Å²) in [4.78, 5) is 26.1. The Bertz CT molecular complexity index is 563. The first-order chi connectivity index (χ1) is 10.7. The van der Waals surface area contributed by atoms with Crippen molar-refractivity contribution in [1.29, 1.82) is 0 Å². The van der Waals surface area contributed by atoms with E-state index >= 15 is 0 Å². The second-order valence-corrected chi connectivity index (χ2v) is 6.84. The maximum Gasteiger partial charge on any atom is 0.319 e. The van der Waals surface area contributed by atoms with Crippen molar-refractivity contribution in [3.63, 3.8) is 0 Å². The zero-order chi connectivity index (χ0) is 17.0. The molecule has 1 aromatic carbocycles. The molecule has 1 heterocycles. The van der Waals surface area contributed by atoms with Gasteiger partial charge in [-0.1, -0.05) is 0 Å². The summed E-state index contributed by atoms with van der Waals surface area (Å²) < 4.78 is 5.45. The Morgan fingerprint density at radius 1 is 1.22 bits per heavy atom. The van der Waals surface area contributed by atoms with E-state index in [0.717, 1.165) is 0 Å². The lowest BCUT2D eigenvalue weighted by Crippen LogP contribution is -2.44. The van der Waals surface area contributed by atoms with Crippen LogP contribution in [-0.4, -0.2) is 48.2 Å². The van der Waals surface area contributed by atoms with Gasteiger partial charge in [0.05, 0.1) is 12.7 Å². The Morgan fingerprint density at radius 2 is 1.87 bits per heavy atom. The highest BCUT2D eigenvalue weighted by molar-refractivity contribution is 5.95. The number of morpholine rings is 1. The molecule has 0 saturated carbocycles. The molecule has 1 saturated heterocycles. The average Bonchev–Trinajstić information content (AvgIpc) is 2.45. The fourth-order valence-corrected chi connectivity index (χ4v) is 2.38. The lowest BCUT2D eigenvalue weighted by molar-refractivity contribution is -0.0124. The molecule has 0 radical (unpaired) electrons. The summed E-state index contributed by atoms with van der Waals surface area (Å²) in [6.45, 7) is 9.48. The molecule has 1 aromatic rings. The lowest BCUT2D eigenvalue weighted by Gasteiger charge is -2.31. The van der Waals surface area contributed by atoms with Gasteiger partial charge < -0.3 is 20.3 Å². The molecular formula is C17H25N3O3. The molecule has 0 aromatic heterocycles. The molecule has 6 heteroatoms. The van der Waals surface area contributed by atoms with Crippen LogP contribution in [0.2, 0.25) is 0 Å². The number of amides is 3. The average molecular weight is 319 g/mol. The predicted molar refractivity (Wildman–Crippen MR) is 89.7 cm³/mol. The Balaban J connectivity index is 1.96. The second kappa shape index (κ2) is 7.00. The number of hydrogen-bond acceptors (Lipinski definition) is 3. The molecule has 1 atom stereocenters. The molecule has 1 aliphatic rings. The number of hydrogen-bond donors (Lipinski definition) is 2. The smallest absolute Gasteiger partial charge is 0.319 e. The van der Waals surface area contributed by atoms with Gasteiger partial charge in [0.25, 0.3) is 5.91 Å². The van der Waals surface area contributed by atoms with Crippen LogP contribution in [0, 0.1) is 0 Å². The first-order valence-corrected chi connectivity index (χ1v) is 7.85. The van der Waals surface area contributed by atoms with Crippen LogP contribution in [0.4, 0.5) is 10.5 Å². The number of carbonyl (C=O) groups is 2. The summed E-state index contributed by atoms with van der Waals surface area (Å²) in [6.07, 6.45) is 0.0646. The number of benzene rings is 1. The molecular weight excluding hydrogens is 294 g/mol. The maximum absolute atomic E-state index is 12.4. The van der Waals surface area contributed by atoms with E-state index in [0.29, 0.717) is 30.9 Å². The molecule has 0 aliphatic carbocycles. The van der Waals surface area contributed by atoms with Gasteiger partial charge >= 0.3 is 6.03 Å². The van der Waals surface area contributed by atoms with E-state index in [1.54, 1.807) is 29.2 Å². The van der Waals surface area contributed by atoms with Crippen LogP contribution in [0.1, 0.15) is 38.1 Å². The minimum Gasteiger partial charge on any atom is -0.375 e. The first-order valence-electron chi connectivity index (χ1n) is 7.85. The number of urea groups is 1. The molecule has 23 heavy (non-hydrogen) atoms. The van der Waals surface area contributed by atoms with Crippen molar-refractivity contribution in [2.24, 2.45) is 0 Å². The van der Waals surface area contributed by atoms with Crippen molar-refractivity contribution in [3.05, 3.63) is 29.8 Å². The summed E-state index contributed by atoms with van der Waals surface area (Å²) >= 11 is 0. The van der Waals surface area contributed by atoms with Gasteiger partial charge in [-0.3, -0.25) is 4.79 Å². The summed E-state index contributed by atoms with van der Waals surface area (Å²) in [5.74, 6) is -0.00848. The minimum absolute atomic E-state index is 0.00848. The molecule has 6 nitrogen and oxygen atoms in total. The minimum atomic E-state index is -0.299. The van der Waals surface area contributed by atoms with E-state index in [9.17, 15) is 9.59 Å². The van der Waals surface area contributed by atoms with Crippen LogP contribution in [0.5, 0.6) is 0 Å². The Hall–Kier alpha value is -2.08. The van der Waals surface area contributed by atoms with Crippen LogP contribution in [-0.2, 0) is 4.74 Å². The Labute approximate surface area is 137 Å². The highest BCUT2D eigenvalue weighted by atomic mass is 16.5. The van der Waals surface area contributed by atoms with E-state index in [4.69, 9.17) is 4.74 Å². The molecule has 0 spiro atoms. The Morgan fingerprint density at radius 3 is 2.43 bits per heavy atom. The van der Waals surface area contributed by atoms with E-state index < -0.39 is 0 Å². The van der Waals surface area contributed by atoms with Crippen LogP contribution in [0.15, 0.2) is 24.3 Å². The van der Waals surface area contributed by atoms with Crippen molar-refractivity contribution in [2.45, 2.75) is 39.3 Å². The third-order valence-electron chi connectivity index (χ3n) is 3.41. The van der Waals surface area contributed by atoms with Crippen LogP contribution in [0.25, 0.3) is 0 Å². The van der Waals surface area contributed by atoms with Gasteiger partial charge in [-0.25, -0.2) is 4.79 Å². The number of ether oxygens (including phenoxy) is 1. The normalized spacial score (nSPS) is 18.4. The molecule has 0 bridgehead atoms. The Kier molecular flexibility index (Phi) is 5.26. The van der Waals surface area contributed by atoms with Gasteiger partial charge in [-0.15, -0.1) is 0 Å². The van der Waals surface area contributed by atoms with Gasteiger partial charge in [-0.2, -0.15) is 0 Å². The number of carbonyl (C=O) groups excluding carboxylic acids is 2. The zero-order valence-electron chi connectivity index (χ0n) is 14.2. The number of nitrogens with one attached hydrogen (secondary N) is 2. The summed E-state index contributed by atoms with van der Waals surface area (Å²) in [5, 5.41) is 5.58. The van der Waals surface area contributed by atoms with E-state index in [-0.39, 0.29) is 23.6 Å². The van der Waals surface area contributed by atoms with Crippen molar-refractivity contribution in [3.8, 4) is 0 Å². The van der Waals surface area contributed by atoms with Crippen LogP contribution >= 0.6 is 0 Å². The van der Waals surface area contributed by atoms with Gasteiger partial charge in [0.15, 0.2) is 0 Å². The largest absolute Gasteiger partial charge is 0.375 e. The lowest BCUT2D eigenvalue weighted by atomic mass is 10.1. The zero-order valence-corrected chi connectivity index (χ0v) is 14.2. The van der Waals surface area contributed by atoms with Crippen molar-refractivity contribution in [1.82, 2.24) is 10.2 Å². The first kappa shape index (κ1) is 17.3. The molecule has 1 unspecified atom stereocenters. The number of rotatable bonds is 2. The molecule has 1 aliphatic heterocycles. The van der Waals surface area contributed by atoms with Gasteiger partial charge in [0.2, 0.25) is 0 Å².